The van der Waals surface area contributed by atoms with E-state index in [0.29, 0.717) is 18.4 Å². The lowest BCUT2D eigenvalue weighted by atomic mass is 9.85. The van der Waals surface area contributed by atoms with Crippen LogP contribution in [0.4, 0.5) is 0 Å². The van der Waals surface area contributed by atoms with Gasteiger partial charge in [0.15, 0.2) is 5.78 Å². The molecule has 0 spiro atoms. The SMILES string of the molecule is COC(=O)C(O)(C1=CCCC1=O)c1ccccc1. The molecule has 0 fully saturated rings. The highest BCUT2D eigenvalue weighted by Gasteiger charge is 2.46. The quantitative estimate of drug-likeness (QED) is 0.817. The summed E-state index contributed by atoms with van der Waals surface area (Å²) in [6.07, 6.45) is 2.47. The Morgan fingerprint density at radius 1 is 1.33 bits per heavy atom. The third-order valence-corrected chi connectivity index (χ3v) is 3.08. The molecule has 0 radical (unpaired) electrons. The molecule has 0 saturated heterocycles. The van der Waals surface area contributed by atoms with Crippen molar-refractivity contribution in [3.8, 4) is 0 Å². The van der Waals surface area contributed by atoms with Crippen molar-refractivity contribution in [1.82, 2.24) is 0 Å². The molecule has 1 unspecified atom stereocenters. The maximum atomic E-state index is 11.9. The minimum Gasteiger partial charge on any atom is -0.466 e. The molecule has 2 rings (SSSR count). The van der Waals surface area contributed by atoms with Crippen LogP contribution in [0.2, 0.25) is 0 Å². The van der Waals surface area contributed by atoms with Gasteiger partial charge in [-0.1, -0.05) is 36.4 Å². The van der Waals surface area contributed by atoms with Crippen LogP contribution in [0.5, 0.6) is 0 Å². The number of hydrogen-bond donors (Lipinski definition) is 1. The summed E-state index contributed by atoms with van der Waals surface area (Å²) in [6.45, 7) is 0. The number of ketones is 1. The zero-order valence-corrected chi connectivity index (χ0v) is 10.1. The van der Waals surface area contributed by atoms with Gasteiger partial charge >= 0.3 is 5.97 Å². The maximum absolute atomic E-state index is 11.9. The molecule has 1 aliphatic rings. The Morgan fingerprint density at radius 2 is 2.00 bits per heavy atom. The van der Waals surface area contributed by atoms with Crippen LogP contribution in [-0.2, 0) is 19.9 Å². The fraction of sp³-hybridized carbons (Fsp3) is 0.286. The number of carbonyl (C=O) groups excluding carboxylic acids is 2. The molecule has 1 aromatic rings. The van der Waals surface area contributed by atoms with Crippen LogP contribution in [0, 0.1) is 0 Å². The van der Waals surface area contributed by atoms with Crippen molar-refractivity contribution in [2.45, 2.75) is 18.4 Å². The molecule has 4 heteroatoms. The van der Waals surface area contributed by atoms with Crippen molar-refractivity contribution in [3.63, 3.8) is 0 Å². The number of ether oxygens (including phenoxy) is 1. The van der Waals surface area contributed by atoms with E-state index in [4.69, 9.17) is 0 Å². The van der Waals surface area contributed by atoms with E-state index < -0.39 is 11.6 Å². The van der Waals surface area contributed by atoms with E-state index >= 15 is 0 Å². The van der Waals surface area contributed by atoms with Crippen LogP contribution in [0.25, 0.3) is 0 Å². The molecule has 94 valence electrons. The molecule has 1 atom stereocenters. The fourth-order valence-electron chi connectivity index (χ4n) is 2.16. The van der Waals surface area contributed by atoms with Gasteiger partial charge in [0, 0.05) is 12.0 Å². The van der Waals surface area contributed by atoms with Crippen molar-refractivity contribution >= 4 is 11.8 Å². The summed E-state index contributed by atoms with van der Waals surface area (Å²) in [4.78, 5) is 23.7. The molecule has 0 bridgehead atoms. The Hall–Kier alpha value is -1.94. The van der Waals surface area contributed by atoms with E-state index in [1.54, 1.807) is 36.4 Å². The Morgan fingerprint density at radius 3 is 2.50 bits per heavy atom. The van der Waals surface area contributed by atoms with Crippen molar-refractivity contribution in [2.75, 3.05) is 7.11 Å². The van der Waals surface area contributed by atoms with E-state index in [1.165, 1.54) is 7.11 Å². The van der Waals surface area contributed by atoms with Crippen molar-refractivity contribution in [3.05, 3.63) is 47.5 Å². The molecule has 18 heavy (non-hydrogen) atoms. The lowest BCUT2D eigenvalue weighted by Crippen LogP contribution is -2.40. The zero-order chi connectivity index (χ0) is 13.2. The summed E-state index contributed by atoms with van der Waals surface area (Å²) < 4.78 is 4.65. The summed E-state index contributed by atoms with van der Waals surface area (Å²) in [6, 6.07) is 8.37. The minimum atomic E-state index is -2.00. The number of rotatable bonds is 3. The minimum absolute atomic E-state index is 0.112. The number of esters is 1. The summed E-state index contributed by atoms with van der Waals surface area (Å²) in [5, 5.41) is 10.7. The van der Waals surface area contributed by atoms with Gasteiger partial charge in [0.1, 0.15) is 0 Å². The van der Waals surface area contributed by atoms with Gasteiger partial charge in [0.05, 0.1) is 7.11 Å². The Labute approximate surface area is 105 Å². The first kappa shape index (κ1) is 12.5. The molecule has 1 aliphatic carbocycles. The Balaban J connectivity index is 2.55. The van der Waals surface area contributed by atoms with Crippen molar-refractivity contribution in [1.29, 1.82) is 0 Å². The molecule has 0 saturated carbocycles. The zero-order valence-electron chi connectivity index (χ0n) is 10.1. The number of aliphatic hydroxyl groups is 1. The highest BCUT2D eigenvalue weighted by molar-refractivity contribution is 6.06. The highest BCUT2D eigenvalue weighted by atomic mass is 16.5. The first-order chi connectivity index (χ1) is 8.60. The second-order valence-corrected chi connectivity index (χ2v) is 4.15. The molecule has 4 nitrogen and oxygen atoms in total. The summed E-state index contributed by atoms with van der Waals surface area (Å²) in [5.74, 6) is -1.05. The van der Waals surface area contributed by atoms with E-state index in [1.807, 2.05) is 0 Å². The van der Waals surface area contributed by atoms with Crippen LogP contribution in [0.3, 0.4) is 0 Å². The van der Waals surface area contributed by atoms with E-state index in [0.717, 1.165) is 0 Å². The summed E-state index contributed by atoms with van der Waals surface area (Å²) in [5.41, 5.74) is -1.54. The number of benzene rings is 1. The summed E-state index contributed by atoms with van der Waals surface area (Å²) >= 11 is 0. The molecule has 1 aromatic carbocycles. The van der Waals surface area contributed by atoms with Gasteiger partial charge in [0.25, 0.3) is 0 Å². The van der Waals surface area contributed by atoms with Gasteiger partial charge in [0.2, 0.25) is 5.60 Å². The van der Waals surface area contributed by atoms with Crippen LogP contribution in [0.1, 0.15) is 18.4 Å². The summed E-state index contributed by atoms with van der Waals surface area (Å²) in [7, 11) is 1.19. The highest BCUT2D eigenvalue weighted by Crippen LogP contribution is 2.35. The average Bonchev–Trinajstić information content (AvgIpc) is 2.84. The first-order valence-electron chi connectivity index (χ1n) is 5.71. The van der Waals surface area contributed by atoms with Crippen LogP contribution >= 0.6 is 0 Å². The lowest BCUT2D eigenvalue weighted by molar-refractivity contribution is -0.160. The Bertz CT molecular complexity index is 504. The number of methoxy groups -OCH3 is 1. The third-order valence-electron chi connectivity index (χ3n) is 3.08. The average molecular weight is 246 g/mol. The van der Waals surface area contributed by atoms with E-state index in [9.17, 15) is 14.7 Å². The van der Waals surface area contributed by atoms with Gasteiger partial charge in [-0.2, -0.15) is 0 Å². The molecule has 0 aromatic heterocycles. The standard InChI is InChI=1S/C14H14O4/c1-18-13(16)14(17,10-6-3-2-4-7-10)11-8-5-9-12(11)15/h2-4,6-8,17H,5,9H2,1H3. The van der Waals surface area contributed by atoms with Gasteiger partial charge < -0.3 is 9.84 Å². The molecule has 0 amide bonds. The molecule has 1 N–H and O–H groups in total. The largest absolute Gasteiger partial charge is 0.466 e. The third kappa shape index (κ3) is 1.84. The predicted molar refractivity (Wildman–Crippen MR) is 64.7 cm³/mol. The van der Waals surface area contributed by atoms with Gasteiger partial charge in [-0.25, -0.2) is 4.79 Å². The van der Waals surface area contributed by atoms with Crippen molar-refractivity contribution < 1.29 is 19.4 Å². The topological polar surface area (TPSA) is 63.6 Å². The first-order valence-corrected chi connectivity index (χ1v) is 5.71. The smallest absolute Gasteiger partial charge is 0.347 e. The molecular formula is C14H14O4. The van der Waals surface area contributed by atoms with Gasteiger partial charge in [-0.05, 0) is 12.0 Å². The number of Topliss-reactive ketones (excluding diaryl/α,β-unsaturated/α-hetero) is 1. The van der Waals surface area contributed by atoms with Crippen LogP contribution in [-0.4, -0.2) is 24.0 Å². The van der Waals surface area contributed by atoms with Crippen LogP contribution in [0.15, 0.2) is 42.0 Å². The number of hydrogen-bond acceptors (Lipinski definition) is 4. The molecule has 0 aliphatic heterocycles. The predicted octanol–water partition coefficient (Wildman–Crippen LogP) is 1.34. The Kier molecular flexibility index (Phi) is 3.30. The van der Waals surface area contributed by atoms with Crippen LogP contribution < -0.4 is 0 Å². The fourth-order valence-corrected chi connectivity index (χ4v) is 2.16. The molecule has 0 heterocycles. The van der Waals surface area contributed by atoms with Crippen molar-refractivity contribution in [2.24, 2.45) is 0 Å². The number of carbonyl (C=O) groups is 2. The second-order valence-electron chi connectivity index (χ2n) is 4.15. The van der Waals surface area contributed by atoms with E-state index in [-0.39, 0.29) is 11.4 Å². The second kappa shape index (κ2) is 4.74. The van der Waals surface area contributed by atoms with Gasteiger partial charge in [-0.3, -0.25) is 4.79 Å². The normalized spacial score (nSPS) is 18.1. The maximum Gasteiger partial charge on any atom is 0.347 e. The van der Waals surface area contributed by atoms with Gasteiger partial charge in [-0.15, -0.1) is 0 Å². The lowest BCUT2D eigenvalue weighted by Gasteiger charge is -2.26. The molecular weight excluding hydrogens is 232 g/mol. The van der Waals surface area contributed by atoms with E-state index in [2.05, 4.69) is 4.74 Å². The monoisotopic (exact) mass is 246 g/mol. The number of allylic oxidation sites excluding steroid dienone is 1.